The number of benzene rings is 8. The summed E-state index contributed by atoms with van der Waals surface area (Å²) >= 11 is -3.28. The van der Waals surface area contributed by atoms with Gasteiger partial charge in [-0.05, 0) is 24.3 Å². The molecule has 3 heteroatoms. The van der Waals surface area contributed by atoms with E-state index in [0.29, 0.717) is 5.69 Å². The summed E-state index contributed by atoms with van der Waals surface area (Å²) in [6, 6.07) is 78.5. The smallest absolute Gasteiger partial charge is 0.0485 e. The van der Waals surface area contributed by atoms with E-state index in [9.17, 15) is 0 Å². The molecule has 8 rings (SSSR count). The SMILES string of the molecule is [C-]#[N+]c1ccc(N(c2ccccc2)c2ccc(-c3ccc(-c4cc[c]([Ge]([c]5ccccc5)([c]5ccccc5)[c]5ccccc5)cc4)cc3)cc2)cc1. The van der Waals surface area contributed by atoms with Gasteiger partial charge in [-0.25, -0.2) is 4.85 Å². The molecule has 0 aliphatic rings. The Labute approximate surface area is 309 Å². The van der Waals surface area contributed by atoms with Gasteiger partial charge in [0.1, 0.15) is 0 Å². The van der Waals surface area contributed by atoms with Crippen LogP contribution in [0.2, 0.25) is 0 Å². The molecular weight excluding hydrogens is 689 g/mol. The first-order chi connectivity index (χ1) is 25.7. The van der Waals surface area contributed by atoms with Crippen LogP contribution < -0.4 is 22.5 Å². The van der Waals surface area contributed by atoms with E-state index in [-0.39, 0.29) is 0 Å². The summed E-state index contributed by atoms with van der Waals surface area (Å²) in [6.45, 7) is 7.35. The van der Waals surface area contributed by atoms with Gasteiger partial charge < -0.3 is 4.90 Å². The third-order valence-electron chi connectivity index (χ3n) is 9.87. The fraction of sp³-hybridized carbons (Fsp3) is 0. The van der Waals surface area contributed by atoms with Crippen LogP contribution in [0.3, 0.4) is 0 Å². The normalized spacial score (nSPS) is 11.1. The Bertz CT molecular complexity index is 2310. The molecule has 0 aliphatic heterocycles. The Kier molecular flexibility index (Phi) is 9.35. The molecule has 0 amide bonds. The van der Waals surface area contributed by atoms with Crippen LogP contribution in [0.15, 0.2) is 218 Å². The van der Waals surface area contributed by atoms with Crippen LogP contribution in [0.25, 0.3) is 27.1 Å². The molecule has 0 bridgehead atoms. The molecule has 0 radical (unpaired) electrons. The van der Waals surface area contributed by atoms with Crippen LogP contribution in [0.4, 0.5) is 22.7 Å². The molecular formula is C49H36GeN2. The van der Waals surface area contributed by atoms with E-state index in [1.165, 1.54) is 34.3 Å². The van der Waals surface area contributed by atoms with Crippen LogP contribution in [-0.4, -0.2) is 13.3 Å². The quantitative estimate of drug-likeness (QED) is 0.106. The maximum atomic E-state index is 7.35. The summed E-state index contributed by atoms with van der Waals surface area (Å²) in [5, 5.41) is 0. The van der Waals surface area contributed by atoms with Gasteiger partial charge in [-0.1, -0.05) is 30.3 Å². The molecule has 0 fully saturated rings. The van der Waals surface area contributed by atoms with Crippen LogP contribution >= 0.6 is 0 Å². The summed E-state index contributed by atoms with van der Waals surface area (Å²) in [7, 11) is 0. The van der Waals surface area contributed by atoms with Crippen molar-refractivity contribution in [1.29, 1.82) is 0 Å². The number of rotatable bonds is 9. The maximum Gasteiger partial charge on any atom is -0.0485 e. The number of hydrogen-bond acceptors (Lipinski definition) is 1. The van der Waals surface area contributed by atoms with Crippen molar-refractivity contribution >= 4 is 53.6 Å². The molecule has 246 valence electrons. The first-order valence-corrected chi connectivity index (χ1v) is 21.7. The number of anilines is 3. The van der Waals surface area contributed by atoms with Crippen molar-refractivity contribution in [2.45, 2.75) is 0 Å². The molecule has 0 N–H and O–H groups in total. The van der Waals surface area contributed by atoms with Crippen LogP contribution in [0, 0.1) is 6.57 Å². The summed E-state index contributed by atoms with van der Waals surface area (Å²) in [5.41, 5.74) is 8.51. The van der Waals surface area contributed by atoms with E-state index in [0.717, 1.165) is 22.6 Å². The van der Waals surface area contributed by atoms with Crippen molar-refractivity contribution in [3.05, 3.63) is 230 Å². The first-order valence-electron chi connectivity index (χ1n) is 17.5. The van der Waals surface area contributed by atoms with Crippen molar-refractivity contribution in [3.63, 3.8) is 0 Å². The molecule has 0 aromatic heterocycles. The predicted octanol–water partition coefficient (Wildman–Crippen LogP) is 10.4. The second-order valence-corrected chi connectivity index (χ2v) is 20.8. The van der Waals surface area contributed by atoms with E-state index in [4.69, 9.17) is 6.57 Å². The summed E-state index contributed by atoms with van der Waals surface area (Å²) in [5.74, 6) is 0. The molecule has 0 saturated heterocycles. The van der Waals surface area contributed by atoms with Gasteiger partial charge in [-0.2, -0.15) is 0 Å². The zero-order valence-corrected chi connectivity index (χ0v) is 30.8. The van der Waals surface area contributed by atoms with Crippen LogP contribution in [-0.2, 0) is 0 Å². The first kappa shape index (κ1) is 32.8. The van der Waals surface area contributed by atoms with Gasteiger partial charge in [0.15, 0.2) is 5.69 Å². The Morgan fingerprint density at radius 3 is 0.981 bits per heavy atom. The van der Waals surface area contributed by atoms with E-state index < -0.39 is 13.3 Å². The monoisotopic (exact) mass is 726 g/mol. The number of para-hydroxylation sites is 1. The molecule has 0 atom stereocenters. The Morgan fingerprint density at radius 1 is 0.308 bits per heavy atom. The molecule has 0 saturated carbocycles. The molecule has 2 nitrogen and oxygen atoms in total. The van der Waals surface area contributed by atoms with E-state index in [1.807, 2.05) is 42.5 Å². The van der Waals surface area contributed by atoms with Gasteiger partial charge in [0.25, 0.3) is 0 Å². The van der Waals surface area contributed by atoms with Gasteiger partial charge in [0.05, 0.1) is 6.57 Å². The number of hydrogen-bond donors (Lipinski definition) is 0. The van der Waals surface area contributed by atoms with E-state index in [2.05, 4.69) is 186 Å². The fourth-order valence-corrected chi connectivity index (χ4v) is 17.3. The van der Waals surface area contributed by atoms with Crippen molar-refractivity contribution in [3.8, 4) is 22.3 Å². The van der Waals surface area contributed by atoms with Crippen LogP contribution in [0.5, 0.6) is 0 Å². The molecule has 0 spiro atoms. The zero-order valence-electron chi connectivity index (χ0n) is 28.7. The van der Waals surface area contributed by atoms with Crippen molar-refractivity contribution in [2.75, 3.05) is 4.90 Å². The summed E-state index contributed by atoms with van der Waals surface area (Å²) in [6.07, 6.45) is 0. The van der Waals surface area contributed by atoms with Crippen molar-refractivity contribution < 1.29 is 0 Å². The minimum atomic E-state index is -3.28. The summed E-state index contributed by atoms with van der Waals surface area (Å²) in [4.78, 5) is 5.79. The Balaban J connectivity index is 1.10. The fourth-order valence-electron chi connectivity index (χ4n) is 7.34. The van der Waals surface area contributed by atoms with Gasteiger partial charge >= 0.3 is 223 Å². The third kappa shape index (κ3) is 6.35. The average Bonchev–Trinajstić information content (AvgIpc) is 3.24. The molecule has 52 heavy (non-hydrogen) atoms. The van der Waals surface area contributed by atoms with Crippen LogP contribution in [0.1, 0.15) is 0 Å². The molecule has 0 heterocycles. The largest absolute Gasteiger partial charge is 0.0545 e. The third-order valence-corrected chi connectivity index (χ3v) is 19.9. The van der Waals surface area contributed by atoms with Gasteiger partial charge in [-0.3, -0.25) is 0 Å². The molecule has 8 aromatic rings. The van der Waals surface area contributed by atoms with Gasteiger partial charge in [-0.15, -0.1) is 0 Å². The second kappa shape index (κ2) is 14.8. The predicted molar refractivity (Wildman–Crippen MR) is 222 cm³/mol. The Hall–Kier alpha value is -6.41. The Morgan fingerprint density at radius 2 is 0.596 bits per heavy atom. The second-order valence-electron chi connectivity index (χ2n) is 12.8. The van der Waals surface area contributed by atoms with E-state index >= 15 is 0 Å². The van der Waals surface area contributed by atoms with E-state index in [1.54, 1.807) is 0 Å². The maximum absolute atomic E-state index is 7.35. The van der Waals surface area contributed by atoms with Gasteiger partial charge in [0, 0.05) is 11.4 Å². The minimum absolute atomic E-state index is 0.633. The molecule has 0 unspecified atom stereocenters. The molecule has 8 aromatic carbocycles. The zero-order chi connectivity index (χ0) is 35.2. The number of nitrogens with zero attached hydrogens (tertiary/aromatic N) is 2. The van der Waals surface area contributed by atoms with Crippen molar-refractivity contribution in [2.24, 2.45) is 0 Å². The minimum Gasteiger partial charge on any atom is -0.0545 e. The summed E-state index contributed by atoms with van der Waals surface area (Å²) < 4.78 is 5.68. The molecule has 0 aliphatic carbocycles. The van der Waals surface area contributed by atoms with Gasteiger partial charge in [0.2, 0.25) is 0 Å². The average molecular weight is 725 g/mol. The standard InChI is InChI=1S/C49H36GeN2/c1-51-46-32-36-49(37-33-46)52(47-20-12-5-13-21-47)48-34-28-41(29-35-48)39-24-22-38(23-25-39)40-26-30-45(31-27-40)50(42-14-6-2-7-15-42,43-16-8-3-9-17-43)44-18-10-4-11-19-44/h2-37H. The topological polar surface area (TPSA) is 7.60 Å². The van der Waals surface area contributed by atoms with Crippen molar-refractivity contribution in [1.82, 2.24) is 0 Å².